The third kappa shape index (κ3) is 6.19. The smallest absolute Gasteiger partial charge is 0.242 e. The highest BCUT2D eigenvalue weighted by molar-refractivity contribution is 5.88. The molecule has 0 bridgehead atoms. The van der Waals surface area contributed by atoms with Gasteiger partial charge in [-0.1, -0.05) is 55.8 Å². The summed E-state index contributed by atoms with van der Waals surface area (Å²) >= 11 is 0. The fourth-order valence-electron chi connectivity index (χ4n) is 3.17. The zero-order valence-corrected chi connectivity index (χ0v) is 16.9. The van der Waals surface area contributed by atoms with E-state index in [1.807, 2.05) is 45.0 Å². The van der Waals surface area contributed by atoms with Crippen molar-refractivity contribution in [1.82, 2.24) is 10.2 Å². The molecule has 0 saturated carbocycles. The Kier molecular flexibility index (Phi) is 8.18. The summed E-state index contributed by atoms with van der Waals surface area (Å²) in [6, 6.07) is 13.3. The van der Waals surface area contributed by atoms with Gasteiger partial charge in [0.2, 0.25) is 11.8 Å². The number of halogens is 1. The highest BCUT2D eigenvalue weighted by Gasteiger charge is 2.28. The van der Waals surface area contributed by atoms with Gasteiger partial charge in [-0.05, 0) is 43.0 Å². The Labute approximate surface area is 166 Å². The summed E-state index contributed by atoms with van der Waals surface area (Å²) in [5.74, 6) is -0.616. The number of carbonyl (C=O) groups is 2. The molecule has 0 aromatic heterocycles. The molecular weight excluding hydrogens is 355 g/mol. The van der Waals surface area contributed by atoms with Crippen LogP contribution < -0.4 is 5.32 Å². The second-order valence-electron chi connectivity index (χ2n) is 7.03. The number of aryl methyl sites for hydroxylation is 1. The Morgan fingerprint density at radius 1 is 1.07 bits per heavy atom. The van der Waals surface area contributed by atoms with Crippen LogP contribution in [0.1, 0.15) is 43.4 Å². The van der Waals surface area contributed by atoms with Gasteiger partial charge in [-0.15, -0.1) is 0 Å². The van der Waals surface area contributed by atoms with Gasteiger partial charge in [-0.2, -0.15) is 0 Å². The third-order valence-corrected chi connectivity index (χ3v) is 4.64. The molecule has 28 heavy (non-hydrogen) atoms. The number of benzene rings is 2. The van der Waals surface area contributed by atoms with Crippen molar-refractivity contribution in [2.75, 3.05) is 6.54 Å². The highest BCUT2D eigenvalue weighted by atomic mass is 19.1. The Morgan fingerprint density at radius 2 is 1.79 bits per heavy atom. The second kappa shape index (κ2) is 10.6. The van der Waals surface area contributed by atoms with Crippen LogP contribution in [0.2, 0.25) is 0 Å². The van der Waals surface area contributed by atoms with Crippen LogP contribution in [-0.2, 0) is 22.6 Å². The summed E-state index contributed by atoms with van der Waals surface area (Å²) in [4.78, 5) is 27.4. The second-order valence-corrected chi connectivity index (χ2v) is 7.03. The summed E-state index contributed by atoms with van der Waals surface area (Å²) in [6.07, 6.45) is 1.49. The predicted octanol–water partition coefficient (Wildman–Crippen LogP) is 4.01. The molecule has 1 N–H and O–H groups in total. The molecule has 0 aliphatic rings. The molecule has 1 atom stereocenters. The van der Waals surface area contributed by atoms with E-state index < -0.39 is 6.04 Å². The number of nitrogens with zero attached hydrogens (tertiary/aromatic N) is 1. The van der Waals surface area contributed by atoms with Gasteiger partial charge in [0.1, 0.15) is 11.9 Å². The first-order chi connectivity index (χ1) is 13.4. The molecule has 0 aliphatic carbocycles. The van der Waals surface area contributed by atoms with Gasteiger partial charge in [0.25, 0.3) is 0 Å². The number of nitrogens with one attached hydrogen (secondary N) is 1. The van der Waals surface area contributed by atoms with E-state index in [1.54, 1.807) is 17.0 Å². The van der Waals surface area contributed by atoms with Gasteiger partial charge in [0, 0.05) is 13.1 Å². The summed E-state index contributed by atoms with van der Waals surface area (Å²) in [7, 11) is 0. The molecule has 0 heterocycles. The Bertz CT molecular complexity index is 789. The molecular formula is C23H29FN2O2. The lowest BCUT2D eigenvalue weighted by molar-refractivity contribution is -0.140. The first-order valence-electron chi connectivity index (χ1n) is 9.81. The van der Waals surface area contributed by atoms with Crippen LogP contribution >= 0.6 is 0 Å². The van der Waals surface area contributed by atoms with Crippen molar-refractivity contribution in [1.29, 1.82) is 0 Å². The largest absolute Gasteiger partial charge is 0.354 e. The number of rotatable bonds is 9. The van der Waals surface area contributed by atoms with Crippen LogP contribution in [-0.4, -0.2) is 29.3 Å². The fraction of sp³-hybridized carbons (Fsp3) is 0.391. The lowest BCUT2D eigenvalue weighted by Crippen LogP contribution is -2.49. The first-order valence-corrected chi connectivity index (χ1v) is 9.81. The van der Waals surface area contributed by atoms with E-state index in [4.69, 9.17) is 0 Å². The molecule has 2 rings (SSSR count). The van der Waals surface area contributed by atoms with Gasteiger partial charge in [-0.25, -0.2) is 4.39 Å². The van der Waals surface area contributed by atoms with Gasteiger partial charge >= 0.3 is 0 Å². The summed E-state index contributed by atoms with van der Waals surface area (Å²) in [6.45, 7) is 6.84. The van der Waals surface area contributed by atoms with Gasteiger partial charge in [-0.3, -0.25) is 9.59 Å². The van der Waals surface area contributed by atoms with E-state index in [1.165, 1.54) is 12.1 Å². The van der Waals surface area contributed by atoms with Crippen molar-refractivity contribution in [2.45, 2.75) is 52.6 Å². The minimum absolute atomic E-state index is 0.129. The van der Waals surface area contributed by atoms with Crippen LogP contribution in [0.4, 0.5) is 4.39 Å². The molecule has 2 amide bonds. The van der Waals surface area contributed by atoms with E-state index in [-0.39, 0.29) is 24.1 Å². The van der Waals surface area contributed by atoms with E-state index >= 15 is 0 Å². The molecule has 5 heteroatoms. The van der Waals surface area contributed by atoms with Crippen molar-refractivity contribution in [3.63, 3.8) is 0 Å². The van der Waals surface area contributed by atoms with Crippen molar-refractivity contribution in [3.05, 3.63) is 71.0 Å². The van der Waals surface area contributed by atoms with Crippen molar-refractivity contribution in [3.8, 4) is 0 Å². The molecule has 1 unspecified atom stereocenters. The molecule has 0 aliphatic heterocycles. The molecule has 2 aromatic rings. The number of hydrogen-bond donors (Lipinski definition) is 1. The van der Waals surface area contributed by atoms with Crippen molar-refractivity contribution < 1.29 is 14.0 Å². The Balaban J connectivity index is 2.26. The SMILES string of the molecule is CCCNC(=O)C(CC)N(Cc1cccc(C)c1)C(=O)Cc1ccc(F)cc1. The fourth-order valence-corrected chi connectivity index (χ4v) is 3.17. The van der Waals surface area contributed by atoms with E-state index in [9.17, 15) is 14.0 Å². The highest BCUT2D eigenvalue weighted by Crippen LogP contribution is 2.16. The monoisotopic (exact) mass is 384 g/mol. The normalized spacial score (nSPS) is 11.7. The van der Waals surface area contributed by atoms with Crippen LogP contribution in [0.3, 0.4) is 0 Å². The zero-order valence-electron chi connectivity index (χ0n) is 16.9. The summed E-state index contributed by atoms with van der Waals surface area (Å²) in [5.41, 5.74) is 2.81. The minimum Gasteiger partial charge on any atom is -0.354 e. The number of hydrogen-bond acceptors (Lipinski definition) is 2. The molecule has 150 valence electrons. The van der Waals surface area contributed by atoms with Crippen LogP contribution in [0.5, 0.6) is 0 Å². The van der Waals surface area contributed by atoms with Crippen molar-refractivity contribution >= 4 is 11.8 Å². The standard InChI is InChI=1S/C23H29FN2O2/c1-4-13-25-23(28)21(5-2)26(16-19-8-6-7-17(3)14-19)22(27)15-18-9-11-20(24)12-10-18/h6-12,14,21H,4-5,13,15-16H2,1-3H3,(H,25,28). The van der Waals surface area contributed by atoms with E-state index in [2.05, 4.69) is 5.32 Å². The summed E-state index contributed by atoms with van der Waals surface area (Å²) in [5, 5.41) is 2.90. The lowest BCUT2D eigenvalue weighted by atomic mass is 10.1. The Hall–Kier alpha value is -2.69. The van der Waals surface area contributed by atoms with Crippen molar-refractivity contribution in [2.24, 2.45) is 0 Å². The molecule has 0 radical (unpaired) electrons. The zero-order chi connectivity index (χ0) is 20.5. The first kappa shape index (κ1) is 21.6. The predicted molar refractivity (Wildman–Crippen MR) is 109 cm³/mol. The molecule has 4 nitrogen and oxygen atoms in total. The third-order valence-electron chi connectivity index (χ3n) is 4.64. The average molecular weight is 384 g/mol. The maximum atomic E-state index is 13.2. The van der Waals surface area contributed by atoms with E-state index in [0.717, 1.165) is 23.1 Å². The van der Waals surface area contributed by atoms with E-state index in [0.29, 0.717) is 19.5 Å². The average Bonchev–Trinajstić information content (AvgIpc) is 2.68. The van der Waals surface area contributed by atoms with Gasteiger partial charge < -0.3 is 10.2 Å². The maximum Gasteiger partial charge on any atom is 0.242 e. The quantitative estimate of drug-likeness (QED) is 0.710. The van der Waals surface area contributed by atoms with Gasteiger partial charge in [0.15, 0.2) is 0 Å². The number of carbonyl (C=O) groups excluding carboxylic acids is 2. The maximum absolute atomic E-state index is 13.2. The topological polar surface area (TPSA) is 49.4 Å². The molecule has 0 spiro atoms. The van der Waals surface area contributed by atoms with Crippen LogP contribution in [0.25, 0.3) is 0 Å². The lowest BCUT2D eigenvalue weighted by Gasteiger charge is -2.31. The van der Waals surface area contributed by atoms with Gasteiger partial charge in [0.05, 0.1) is 6.42 Å². The molecule has 0 fully saturated rings. The van der Waals surface area contributed by atoms with Crippen LogP contribution in [0, 0.1) is 12.7 Å². The van der Waals surface area contributed by atoms with Crippen LogP contribution in [0.15, 0.2) is 48.5 Å². The Morgan fingerprint density at radius 3 is 2.39 bits per heavy atom. The number of amides is 2. The molecule has 0 saturated heterocycles. The molecule has 2 aromatic carbocycles. The summed E-state index contributed by atoms with van der Waals surface area (Å²) < 4.78 is 13.2. The minimum atomic E-state index is -0.542.